The number of rotatable bonds is 1. The number of aromatic nitrogens is 1. The van der Waals surface area contributed by atoms with Gasteiger partial charge in [0.1, 0.15) is 11.7 Å². The summed E-state index contributed by atoms with van der Waals surface area (Å²) < 4.78 is 11.3. The van der Waals surface area contributed by atoms with Crippen molar-refractivity contribution in [1.29, 1.82) is 5.26 Å². The fraction of sp³-hybridized carbons (Fsp3) is 0.571. The normalized spacial score (nSPS) is 24.2. The van der Waals surface area contributed by atoms with Gasteiger partial charge in [0.15, 0.2) is 5.79 Å². The molecule has 1 aliphatic carbocycles. The molecule has 0 amide bonds. The average molecular weight is 260 g/mol. The van der Waals surface area contributed by atoms with Gasteiger partial charge in [-0.25, -0.2) is 0 Å². The Morgan fingerprint density at radius 2 is 1.84 bits per heavy atom. The Labute approximate surface area is 111 Å². The van der Waals surface area contributed by atoms with Crippen molar-refractivity contribution in [2.24, 2.45) is 0 Å². The molecule has 1 saturated carbocycles. The second kappa shape index (κ2) is 4.57. The maximum Gasteiger partial charge on any atom is 0.168 e. The maximum atomic E-state index is 10.7. The lowest BCUT2D eigenvalue weighted by Gasteiger charge is -2.40. The number of hydrogen-bond acceptors (Lipinski definition) is 5. The molecular formula is C14H16N2O3. The summed E-state index contributed by atoms with van der Waals surface area (Å²) in [6.07, 6.45) is 3.97. The second-order valence-corrected chi connectivity index (χ2v) is 5.18. The van der Waals surface area contributed by atoms with Gasteiger partial charge in [-0.3, -0.25) is 4.98 Å². The fourth-order valence-corrected chi connectivity index (χ4v) is 2.82. The van der Waals surface area contributed by atoms with E-state index in [4.69, 9.17) is 14.7 Å². The zero-order chi connectivity index (χ0) is 13.3. The van der Waals surface area contributed by atoms with Crippen molar-refractivity contribution in [3.05, 3.63) is 29.6 Å². The summed E-state index contributed by atoms with van der Waals surface area (Å²) in [6.45, 7) is 1.26. The lowest BCUT2D eigenvalue weighted by Crippen LogP contribution is -2.42. The fourth-order valence-electron chi connectivity index (χ4n) is 2.82. The van der Waals surface area contributed by atoms with Gasteiger partial charge in [0.05, 0.1) is 24.5 Å². The summed E-state index contributed by atoms with van der Waals surface area (Å²) >= 11 is 0. The molecule has 0 aromatic carbocycles. The molecule has 2 aliphatic rings. The molecule has 2 heterocycles. The third-order valence-electron chi connectivity index (χ3n) is 4.02. The van der Waals surface area contributed by atoms with Crippen LogP contribution >= 0.6 is 0 Å². The Bertz CT molecular complexity index is 490. The van der Waals surface area contributed by atoms with Crippen molar-refractivity contribution in [3.8, 4) is 6.07 Å². The summed E-state index contributed by atoms with van der Waals surface area (Å²) in [4.78, 5) is 4.21. The van der Waals surface area contributed by atoms with Gasteiger partial charge >= 0.3 is 0 Å². The highest BCUT2D eigenvalue weighted by Crippen LogP contribution is 2.44. The van der Waals surface area contributed by atoms with E-state index in [2.05, 4.69) is 4.98 Å². The summed E-state index contributed by atoms with van der Waals surface area (Å²) in [5.74, 6) is -0.487. The quantitative estimate of drug-likeness (QED) is 0.827. The van der Waals surface area contributed by atoms with E-state index in [-0.39, 0.29) is 0 Å². The van der Waals surface area contributed by atoms with Crippen LogP contribution in [-0.2, 0) is 15.1 Å². The molecule has 5 heteroatoms. The largest absolute Gasteiger partial charge is 0.384 e. The first kappa shape index (κ1) is 12.5. The summed E-state index contributed by atoms with van der Waals surface area (Å²) in [5, 5.41) is 19.5. The Morgan fingerprint density at radius 3 is 2.37 bits per heavy atom. The van der Waals surface area contributed by atoms with Gasteiger partial charge in [0.25, 0.3) is 0 Å². The van der Waals surface area contributed by atoms with Crippen LogP contribution in [0.2, 0.25) is 0 Å². The van der Waals surface area contributed by atoms with Crippen LogP contribution < -0.4 is 0 Å². The highest BCUT2D eigenvalue weighted by Gasteiger charge is 2.46. The van der Waals surface area contributed by atoms with Crippen LogP contribution in [0, 0.1) is 11.3 Å². The SMILES string of the molecule is N#Cc1ccc(C2(O)CCC3(CC2)OCCO3)nc1. The van der Waals surface area contributed by atoms with Crippen molar-refractivity contribution in [3.63, 3.8) is 0 Å². The number of nitriles is 1. The molecule has 1 aromatic heterocycles. The predicted molar refractivity (Wildman–Crippen MR) is 66.0 cm³/mol. The van der Waals surface area contributed by atoms with Crippen LogP contribution in [0.25, 0.3) is 0 Å². The van der Waals surface area contributed by atoms with Crippen molar-refractivity contribution in [2.45, 2.75) is 37.1 Å². The molecule has 1 N–H and O–H groups in total. The van der Waals surface area contributed by atoms with Crippen molar-refractivity contribution in [1.82, 2.24) is 4.98 Å². The Morgan fingerprint density at radius 1 is 1.16 bits per heavy atom. The highest BCUT2D eigenvalue weighted by molar-refractivity contribution is 5.28. The summed E-state index contributed by atoms with van der Waals surface area (Å²) in [6, 6.07) is 5.44. The first-order chi connectivity index (χ1) is 9.16. The van der Waals surface area contributed by atoms with E-state index in [1.54, 1.807) is 12.1 Å². The Balaban J connectivity index is 1.75. The van der Waals surface area contributed by atoms with Crippen LogP contribution in [0.3, 0.4) is 0 Å². The van der Waals surface area contributed by atoms with Crippen LogP contribution in [0.1, 0.15) is 36.9 Å². The topological polar surface area (TPSA) is 75.4 Å². The van der Waals surface area contributed by atoms with E-state index >= 15 is 0 Å². The molecule has 0 radical (unpaired) electrons. The van der Waals surface area contributed by atoms with Crippen molar-refractivity contribution < 1.29 is 14.6 Å². The van der Waals surface area contributed by atoms with Gasteiger partial charge in [0, 0.05) is 19.0 Å². The van der Waals surface area contributed by atoms with Crippen LogP contribution in [-0.4, -0.2) is 29.1 Å². The standard InChI is InChI=1S/C14H16N2O3/c15-9-11-1-2-12(16-10-11)13(17)3-5-14(6-4-13)18-7-8-19-14/h1-2,10,17H,3-8H2. The number of pyridine rings is 1. The molecule has 1 saturated heterocycles. The first-order valence-corrected chi connectivity index (χ1v) is 6.53. The number of nitrogens with zero attached hydrogens (tertiary/aromatic N) is 2. The van der Waals surface area contributed by atoms with Gasteiger partial charge in [-0.1, -0.05) is 0 Å². The highest BCUT2D eigenvalue weighted by atomic mass is 16.7. The summed E-state index contributed by atoms with van der Waals surface area (Å²) in [7, 11) is 0. The van der Waals surface area contributed by atoms with Gasteiger partial charge in [-0.05, 0) is 25.0 Å². The van der Waals surface area contributed by atoms with E-state index in [1.165, 1.54) is 6.20 Å². The molecule has 2 fully saturated rings. The molecule has 19 heavy (non-hydrogen) atoms. The Hall–Kier alpha value is -1.48. The molecule has 100 valence electrons. The van der Waals surface area contributed by atoms with Crippen LogP contribution in [0.15, 0.2) is 18.3 Å². The minimum Gasteiger partial charge on any atom is -0.384 e. The van der Waals surface area contributed by atoms with Gasteiger partial charge in [0.2, 0.25) is 0 Å². The van der Waals surface area contributed by atoms with Gasteiger partial charge in [-0.2, -0.15) is 5.26 Å². The maximum absolute atomic E-state index is 10.7. The lowest BCUT2D eigenvalue weighted by molar-refractivity contribution is -0.204. The van der Waals surface area contributed by atoms with Gasteiger partial charge in [-0.15, -0.1) is 0 Å². The number of ether oxygens (including phenoxy) is 2. The minimum absolute atomic E-state index is 0.487. The zero-order valence-corrected chi connectivity index (χ0v) is 10.6. The molecular weight excluding hydrogens is 244 g/mol. The smallest absolute Gasteiger partial charge is 0.168 e. The van der Waals surface area contributed by atoms with E-state index in [1.807, 2.05) is 6.07 Å². The molecule has 1 aliphatic heterocycles. The number of aliphatic hydroxyl groups is 1. The van der Waals surface area contributed by atoms with Crippen molar-refractivity contribution in [2.75, 3.05) is 13.2 Å². The molecule has 1 spiro atoms. The first-order valence-electron chi connectivity index (χ1n) is 6.53. The van der Waals surface area contributed by atoms with Crippen LogP contribution in [0.4, 0.5) is 0 Å². The second-order valence-electron chi connectivity index (χ2n) is 5.18. The van der Waals surface area contributed by atoms with E-state index in [0.717, 1.165) is 0 Å². The molecule has 1 aromatic rings. The summed E-state index contributed by atoms with van der Waals surface area (Å²) in [5.41, 5.74) is 0.190. The average Bonchev–Trinajstić information content (AvgIpc) is 2.92. The molecule has 5 nitrogen and oxygen atoms in total. The third kappa shape index (κ3) is 2.23. The molecule has 0 atom stereocenters. The molecule has 0 unspecified atom stereocenters. The Kier molecular flexibility index (Phi) is 3.02. The third-order valence-corrected chi connectivity index (χ3v) is 4.02. The minimum atomic E-state index is -0.936. The number of hydrogen-bond donors (Lipinski definition) is 1. The van der Waals surface area contributed by atoms with Crippen molar-refractivity contribution >= 4 is 0 Å². The van der Waals surface area contributed by atoms with E-state index in [9.17, 15) is 5.11 Å². The van der Waals surface area contributed by atoms with Crippen LogP contribution in [0.5, 0.6) is 0 Å². The zero-order valence-electron chi connectivity index (χ0n) is 10.6. The van der Waals surface area contributed by atoms with E-state index in [0.29, 0.717) is 50.2 Å². The monoisotopic (exact) mass is 260 g/mol. The molecule has 3 rings (SSSR count). The molecule has 0 bridgehead atoms. The lowest BCUT2D eigenvalue weighted by atomic mass is 9.79. The predicted octanol–water partition coefficient (Wildman–Crippen LogP) is 1.46. The van der Waals surface area contributed by atoms with E-state index < -0.39 is 11.4 Å². The van der Waals surface area contributed by atoms with Gasteiger partial charge < -0.3 is 14.6 Å².